The molecular weight excluding hydrogens is 302 g/mol. The van der Waals surface area contributed by atoms with Crippen LogP contribution in [0.1, 0.15) is 26.2 Å². The van der Waals surface area contributed by atoms with Gasteiger partial charge in [-0.15, -0.1) is 11.6 Å². The van der Waals surface area contributed by atoms with Gasteiger partial charge in [0.05, 0.1) is 5.39 Å². The predicted octanol–water partition coefficient (Wildman–Crippen LogP) is 2.38. The van der Waals surface area contributed by atoms with E-state index in [2.05, 4.69) is 27.2 Å². The minimum atomic E-state index is 0.128. The second kappa shape index (κ2) is 6.52. The summed E-state index contributed by atoms with van der Waals surface area (Å²) in [6.07, 6.45) is 5.79. The third-order valence-electron chi connectivity index (χ3n) is 4.21. The van der Waals surface area contributed by atoms with Crippen molar-refractivity contribution in [2.75, 3.05) is 17.7 Å². The first kappa shape index (κ1) is 15.1. The number of fused-ring (bicyclic) bond motifs is 1. The van der Waals surface area contributed by atoms with E-state index in [1.807, 2.05) is 17.2 Å². The molecule has 0 radical (unpaired) electrons. The molecule has 2 atom stereocenters. The zero-order valence-corrected chi connectivity index (χ0v) is 13.3. The standard InChI is InChI=1S/C15H20ClN5O/c1-10-2-3-11(8-21(10)13(22)4-6-16)20-15-12-5-7-17-14(12)18-9-19-15/h5,7,9-11H,2-4,6,8H2,1H3,(H2,17,18,19,20)/t10-,11+/m0/s1. The van der Waals surface area contributed by atoms with Crippen molar-refractivity contribution in [3.8, 4) is 0 Å². The monoisotopic (exact) mass is 321 g/mol. The first-order valence-electron chi connectivity index (χ1n) is 7.59. The minimum Gasteiger partial charge on any atom is -0.365 e. The molecule has 7 heteroatoms. The van der Waals surface area contributed by atoms with Gasteiger partial charge in [-0.25, -0.2) is 9.97 Å². The lowest BCUT2D eigenvalue weighted by molar-refractivity contribution is -0.134. The number of anilines is 1. The van der Waals surface area contributed by atoms with Crippen molar-refractivity contribution in [3.63, 3.8) is 0 Å². The van der Waals surface area contributed by atoms with Crippen molar-refractivity contribution in [2.24, 2.45) is 0 Å². The molecule has 118 valence electrons. The van der Waals surface area contributed by atoms with E-state index in [0.717, 1.165) is 29.7 Å². The Bertz CT molecular complexity index is 658. The van der Waals surface area contributed by atoms with Gasteiger partial charge in [0.1, 0.15) is 17.8 Å². The summed E-state index contributed by atoms with van der Waals surface area (Å²) in [6.45, 7) is 2.78. The van der Waals surface area contributed by atoms with Gasteiger partial charge in [0, 0.05) is 37.1 Å². The molecule has 2 aromatic rings. The minimum absolute atomic E-state index is 0.128. The van der Waals surface area contributed by atoms with Gasteiger partial charge in [-0.05, 0) is 25.8 Å². The van der Waals surface area contributed by atoms with Crippen LogP contribution in [-0.2, 0) is 4.79 Å². The van der Waals surface area contributed by atoms with Crippen LogP contribution in [0.4, 0.5) is 5.82 Å². The summed E-state index contributed by atoms with van der Waals surface area (Å²) in [6, 6.07) is 2.43. The molecule has 3 heterocycles. The average molecular weight is 322 g/mol. The second-order valence-corrected chi connectivity index (χ2v) is 6.09. The first-order chi connectivity index (χ1) is 10.7. The molecule has 1 fully saturated rings. The predicted molar refractivity (Wildman–Crippen MR) is 87.0 cm³/mol. The Balaban J connectivity index is 1.73. The normalized spacial score (nSPS) is 22.0. The van der Waals surface area contributed by atoms with Crippen LogP contribution in [0, 0.1) is 0 Å². The van der Waals surface area contributed by atoms with E-state index in [1.54, 1.807) is 6.33 Å². The third-order valence-corrected chi connectivity index (χ3v) is 4.39. The number of alkyl halides is 1. The molecule has 1 aliphatic rings. The summed E-state index contributed by atoms with van der Waals surface area (Å²) in [5, 5.41) is 4.43. The van der Waals surface area contributed by atoms with Crippen molar-refractivity contribution in [3.05, 3.63) is 18.6 Å². The second-order valence-electron chi connectivity index (χ2n) is 5.71. The molecule has 22 heavy (non-hydrogen) atoms. The van der Waals surface area contributed by atoms with Crippen LogP contribution in [0.5, 0.6) is 0 Å². The Kier molecular flexibility index (Phi) is 4.47. The molecule has 6 nitrogen and oxygen atoms in total. The largest absolute Gasteiger partial charge is 0.365 e. The summed E-state index contributed by atoms with van der Waals surface area (Å²) < 4.78 is 0. The average Bonchev–Trinajstić information content (AvgIpc) is 2.99. The number of carbonyl (C=O) groups excluding carboxylic acids is 1. The highest BCUT2D eigenvalue weighted by atomic mass is 35.5. The smallest absolute Gasteiger partial charge is 0.224 e. The van der Waals surface area contributed by atoms with Crippen molar-refractivity contribution >= 4 is 34.4 Å². The molecule has 0 aliphatic carbocycles. The van der Waals surface area contributed by atoms with Crippen LogP contribution >= 0.6 is 11.6 Å². The number of rotatable bonds is 4. The van der Waals surface area contributed by atoms with Gasteiger partial charge in [-0.1, -0.05) is 0 Å². The number of hydrogen-bond acceptors (Lipinski definition) is 4. The zero-order chi connectivity index (χ0) is 15.5. The number of aromatic amines is 1. The van der Waals surface area contributed by atoms with Crippen molar-refractivity contribution in [1.29, 1.82) is 0 Å². The summed E-state index contributed by atoms with van der Waals surface area (Å²) in [5.41, 5.74) is 0.816. The highest BCUT2D eigenvalue weighted by molar-refractivity contribution is 6.18. The van der Waals surface area contributed by atoms with Crippen LogP contribution in [0.25, 0.3) is 11.0 Å². The molecule has 0 aromatic carbocycles. The number of carbonyl (C=O) groups is 1. The summed E-state index contributed by atoms with van der Waals surface area (Å²) in [4.78, 5) is 25.7. The van der Waals surface area contributed by atoms with Crippen LogP contribution in [-0.4, -0.2) is 50.3 Å². The zero-order valence-electron chi connectivity index (χ0n) is 12.6. The fourth-order valence-electron chi connectivity index (χ4n) is 2.98. The topological polar surface area (TPSA) is 73.9 Å². The van der Waals surface area contributed by atoms with E-state index in [0.29, 0.717) is 18.8 Å². The fraction of sp³-hybridized carbons (Fsp3) is 0.533. The van der Waals surface area contributed by atoms with Crippen molar-refractivity contribution < 1.29 is 4.79 Å². The van der Waals surface area contributed by atoms with Crippen LogP contribution in [0.2, 0.25) is 0 Å². The lowest BCUT2D eigenvalue weighted by atomic mass is 9.99. The number of amides is 1. The van der Waals surface area contributed by atoms with Crippen molar-refractivity contribution in [2.45, 2.75) is 38.3 Å². The molecule has 1 saturated heterocycles. The molecule has 3 rings (SSSR count). The molecule has 0 spiro atoms. The highest BCUT2D eigenvalue weighted by Crippen LogP contribution is 2.23. The maximum absolute atomic E-state index is 12.2. The number of halogens is 1. The Hall–Kier alpha value is -1.82. The summed E-state index contributed by atoms with van der Waals surface area (Å²) in [7, 11) is 0. The highest BCUT2D eigenvalue weighted by Gasteiger charge is 2.28. The Morgan fingerprint density at radius 3 is 3.18 bits per heavy atom. The number of hydrogen-bond donors (Lipinski definition) is 2. The maximum atomic E-state index is 12.2. The van der Waals surface area contributed by atoms with E-state index in [4.69, 9.17) is 11.6 Å². The first-order valence-corrected chi connectivity index (χ1v) is 8.12. The number of likely N-dealkylation sites (tertiary alicyclic amines) is 1. The number of nitrogens with zero attached hydrogens (tertiary/aromatic N) is 3. The Labute approximate surface area is 134 Å². The van der Waals surface area contributed by atoms with Crippen LogP contribution in [0.15, 0.2) is 18.6 Å². The summed E-state index contributed by atoms with van der Waals surface area (Å²) in [5.74, 6) is 1.31. The Morgan fingerprint density at radius 1 is 1.50 bits per heavy atom. The number of piperidine rings is 1. The van der Waals surface area contributed by atoms with E-state index in [1.165, 1.54) is 0 Å². The molecule has 0 saturated carbocycles. The molecule has 0 bridgehead atoms. The lowest BCUT2D eigenvalue weighted by Gasteiger charge is -2.38. The van der Waals surface area contributed by atoms with Crippen LogP contribution in [0.3, 0.4) is 0 Å². The van der Waals surface area contributed by atoms with Gasteiger partial charge in [0.25, 0.3) is 0 Å². The van der Waals surface area contributed by atoms with Gasteiger partial charge in [-0.3, -0.25) is 4.79 Å². The fourth-order valence-corrected chi connectivity index (χ4v) is 3.14. The van der Waals surface area contributed by atoms with Gasteiger partial charge in [0.2, 0.25) is 5.91 Å². The van der Waals surface area contributed by atoms with E-state index in [-0.39, 0.29) is 18.0 Å². The van der Waals surface area contributed by atoms with Crippen LogP contribution < -0.4 is 5.32 Å². The summed E-state index contributed by atoms with van der Waals surface area (Å²) >= 11 is 5.70. The quantitative estimate of drug-likeness (QED) is 0.848. The number of aromatic nitrogens is 3. The van der Waals surface area contributed by atoms with E-state index < -0.39 is 0 Å². The third kappa shape index (κ3) is 3.02. The molecule has 1 amide bonds. The SMILES string of the molecule is C[C@H]1CC[C@@H](Nc2ncnc3[nH]ccc23)CN1C(=O)CCCl. The molecule has 1 aliphatic heterocycles. The lowest BCUT2D eigenvalue weighted by Crippen LogP contribution is -2.49. The molecular formula is C15H20ClN5O. The Morgan fingerprint density at radius 2 is 2.36 bits per heavy atom. The van der Waals surface area contributed by atoms with E-state index in [9.17, 15) is 4.79 Å². The van der Waals surface area contributed by atoms with E-state index >= 15 is 0 Å². The van der Waals surface area contributed by atoms with Gasteiger partial charge in [-0.2, -0.15) is 0 Å². The van der Waals surface area contributed by atoms with Crippen molar-refractivity contribution in [1.82, 2.24) is 19.9 Å². The molecule has 0 unspecified atom stereocenters. The van der Waals surface area contributed by atoms with Gasteiger partial charge in [0.15, 0.2) is 0 Å². The van der Waals surface area contributed by atoms with Gasteiger partial charge < -0.3 is 15.2 Å². The molecule has 2 N–H and O–H groups in total. The number of H-pyrrole nitrogens is 1. The van der Waals surface area contributed by atoms with Gasteiger partial charge >= 0.3 is 0 Å². The maximum Gasteiger partial charge on any atom is 0.224 e. The number of nitrogens with one attached hydrogen (secondary N) is 2. The molecule has 2 aromatic heterocycles.